The van der Waals surface area contributed by atoms with Crippen LogP contribution in [0.2, 0.25) is 0 Å². The van der Waals surface area contributed by atoms with Gasteiger partial charge in [0.05, 0.1) is 5.92 Å². The molecule has 6 heteroatoms. The quantitative estimate of drug-likeness (QED) is 0.852. The first-order chi connectivity index (χ1) is 11.7. The number of nitrogens with zero attached hydrogens (tertiary/aromatic N) is 1. The lowest BCUT2D eigenvalue weighted by Crippen LogP contribution is -2.38. The molecule has 0 spiro atoms. The molecule has 1 saturated heterocycles. The summed E-state index contributed by atoms with van der Waals surface area (Å²) in [5.74, 6) is -1.92. The zero-order chi connectivity index (χ0) is 18.6. The van der Waals surface area contributed by atoms with Crippen molar-refractivity contribution in [2.45, 2.75) is 33.1 Å². The first-order valence-electron chi connectivity index (χ1n) is 8.54. The Morgan fingerprint density at radius 2 is 1.80 bits per heavy atom. The molecule has 1 heterocycles. The standard InChI is InChI=1S/C19H26N2O4/c1-19(2,3)18(25)20-10-9-16(22)21-11-14(15(12-21)17(23)24)13-7-5-4-6-8-13/h4-8,14-15H,9-12H2,1-3H3,(H,20,25)(H,23,24). The van der Waals surface area contributed by atoms with Crippen molar-refractivity contribution >= 4 is 17.8 Å². The van der Waals surface area contributed by atoms with Crippen LogP contribution in [0.15, 0.2) is 30.3 Å². The van der Waals surface area contributed by atoms with Gasteiger partial charge in [-0.25, -0.2) is 0 Å². The molecule has 2 N–H and O–H groups in total. The summed E-state index contributed by atoms with van der Waals surface area (Å²) in [6.45, 7) is 6.30. The number of carbonyl (C=O) groups is 3. The molecule has 136 valence electrons. The van der Waals surface area contributed by atoms with E-state index in [4.69, 9.17) is 0 Å². The number of carboxylic acid groups (broad SMARTS) is 1. The van der Waals surface area contributed by atoms with Gasteiger partial charge in [0.1, 0.15) is 0 Å². The highest BCUT2D eigenvalue weighted by Gasteiger charge is 2.40. The summed E-state index contributed by atoms with van der Waals surface area (Å²) in [6.07, 6.45) is 0.176. The fourth-order valence-corrected chi connectivity index (χ4v) is 3.00. The number of benzene rings is 1. The number of likely N-dealkylation sites (tertiary alicyclic amines) is 1. The van der Waals surface area contributed by atoms with Crippen molar-refractivity contribution in [1.82, 2.24) is 10.2 Å². The average molecular weight is 346 g/mol. The molecular weight excluding hydrogens is 320 g/mol. The van der Waals surface area contributed by atoms with Gasteiger partial charge in [0.25, 0.3) is 0 Å². The molecule has 1 aromatic carbocycles. The van der Waals surface area contributed by atoms with Crippen molar-refractivity contribution in [3.05, 3.63) is 35.9 Å². The van der Waals surface area contributed by atoms with Crippen LogP contribution in [-0.2, 0) is 14.4 Å². The molecule has 0 saturated carbocycles. The maximum absolute atomic E-state index is 12.4. The van der Waals surface area contributed by atoms with Gasteiger partial charge in [0.15, 0.2) is 0 Å². The van der Waals surface area contributed by atoms with Gasteiger partial charge >= 0.3 is 5.97 Å². The van der Waals surface area contributed by atoms with Gasteiger partial charge in [-0.15, -0.1) is 0 Å². The van der Waals surface area contributed by atoms with Crippen molar-refractivity contribution in [3.63, 3.8) is 0 Å². The Morgan fingerprint density at radius 1 is 1.16 bits per heavy atom. The molecule has 2 unspecified atom stereocenters. The second-order valence-corrected chi connectivity index (χ2v) is 7.52. The van der Waals surface area contributed by atoms with Crippen LogP contribution in [0.3, 0.4) is 0 Å². The van der Waals surface area contributed by atoms with E-state index < -0.39 is 17.3 Å². The van der Waals surface area contributed by atoms with Crippen LogP contribution in [0, 0.1) is 11.3 Å². The average Bonchev–Trinajstić information content (AvgIpc) is 3.00. The van der Waals surface area contributed by atoms with Crippen molar-refractivity contribution in [2.75, 3.05) is 19.6 Å². The molecule has 1 fully saturated rings. The number of amides is 2. The van der Waals surface area contributed by atoms with Gasteiger partial charge < -0.3 is 15.3 Å². The van der Waals surface area contributed by atoms with E-state index in [1.165, 1.54) is 0 Å². The number of aliphatic carboxylic acids is 1. The SMILES string of the molecule is CC(C)(C)C(=O)NCCC(=O)N1CC(C(=O)O)C(c2ccccc2)C1. The molecule has 1 aromatic rings. The predicted molar refractivity (Wildman–Crippen MR) is 94.0 cm³/mol. The summed E-state index contributed by atoms with van der Waals surface area (Å²) in [5.41, 5.74) is 0.440. The van der Waals surface area contributed by atoms with E-state index in [0.717, 1.165) is 5.56 Å². The second-order valence-electron chi connectivity index (χ2n) is 7.52. The molecule has 1 aliphatic heterocycles. The van der Waals surface area contributed by atoms with Crippen molar-refractivity contribution in [3.8, 4) is 0 Å². The molecule has 0 radical (unpaired) electrons. The molecule has 1 aliphatic rings. The normalized spacial score (nSPS) is 20.4. The Balaban J connectivity index is 1.95. The number of hydrogen-bond donors (Lipinski definition) is 2. The summed E-state index contributed by atoms with van der Waals surface area (Å²) < 4.78 is 0. The number of rotatable bonds is 5. The van der Waals surface area contributed by atoms with E-state index in [1.807, 2.05) is 51.1 Å². The summed E-state index contributed by atoms with van der Waals surface area (Å²) in [4.78, 5) is 37.4. The Labute approximate surface area is 148 Å². The zero-order valence-corrected chi connectivity index (χ0v) is 15.0. The molecule has 0 aromatic heterocycles. The highest BCUT2D eigenvalue weighted by molar-refractivity contribution is 5.83. The Kier molecular flexibility index (Phi) is 5.82. The third-order valence-corrected chi connectivity index (χ3v) is 4.52. The first kappa shape index (κ1) is 19.0. The van der Waals surface area contributed by atoms with Gasteiger partial charge in [-0.2, -0.15) is 0 Å². The first-order valence-corrected chi connectivity index (χ1v) is 8.54. The third-order valence-electron chi connectivity index (χ3n) is 4.52. The summed E-state index contributed by atoms with van der Waals surface area (Å²) in [5, 5.41) is 12.2. The van der Waals surface area contributed by atoms with Crippen LogP contribution < -0.4 is 5.32 Å². The van der Waals surface area contributed by atoms with Gasteiger partial charge in [-0.3, -0.25) is 14.4 Å². The Hall–Kier alpha value is -2.37. The number of carboxylic acids is 1. The van der Waals surface area contributed by atoms with E-state index in [9.17, 15) is 19.5 Å². The highest BCUT2D eigenvalue weighted by atomic mass is 16.4. The van der Waals surface area contributed by atoms with Gasteiger partial charge in [-0.05, 0) is 5.56 Å². The molecule has 0 bridgehead atoms. The fraction of sp³-hybridized carbons (Fsp3) is 0.526. The Morgan fingerprint density at radius 3 is 2.36 bits per heavy atom. The minimum absolute atomic E-state index is 0.104. The van der Waals surface area contributed by atoms with E-state index >= 15 is 0 Å². The predicted octanol–water partition coefficient (Wildman–Crippen LogP) is 1.87. The zero-order valence-electron chi connectivity index (χ0n) is 15.0. The van der Waals surface area contributed by atoms with Gasteiger partial charge in [0, 0.05) is 37.4 Å². The van der Waals surface area contributed by atoms with Gasteiger partial charge in [-0.1, -0.05) is 51.1 Å². The van der Waals surface area contributed by atoms with E-state index in [0.29, 0.717) is 6.54 Å². The van der Waals surface area contributed by atoms with Crippen LogP contribution in [0.25, 0.3) is 0 Å². The van der Waals surface area contributed by atoms with E-state index in [2.05, 4.69) is 5.32 Å². The Bertz CT molecular complexity index is 637. The summed E-state index contributed by atoms with van der Waals surface area (Å²) in [6, 6.07) is 9.44. The summed E-state index contributed by atoms with van der Waals surface area (Å²) in [7, 11) is 0. The summed E-state index contributed by atoms with van der Waals surface area (Å²) >= 11 is 0. The van der Waals surface area contributed by atoms with Crippen LogP contribution in [0.4, 0.5) is 0 Å². The lowest BCUT2D eigenvalue weighted by molar-refractivity contribution is -0.141. The van der Waals surface area contributed by atoms with E-state index in [-0.39, 0.29) is 37.2 Å². The molecule has 25 heavy (non-hydrogen) atoms. The molecule has 2 rings (SSSR count). The van der Waals surface area contributed by atoms with Crippen LogP contribution in [0.5, 0.6) is 0 Å². The molecule has 2 amide bonds. The molecule has 6 nitrogen and oxygen atoms in total. The van der Waals surface area contributed by atoms with Crippen LogP contribution in [-0.4, -0.2) is 47.4 Å². The molecule has 0 aliphatic carbocycles. The van der Waals surface area contributed by atoms with Crippen molar-refractivity contribution < 1.29 is 19.5 Å². The molecular formula is C19H26N2O4. The lowest BCUT2D eigenvalue weighted by atomic mass is 9.89. The second kappa shape index (κ2) is 7.68. The van der Waals surface area contributed by atoms with Gasteiger partial charge in [0.2, 0.25) is 11.8 Å². The lowest BCUT2D eigenvalue weighted by Gasteiger charge is -2.19. The number of carbonyl (C=O) groups excluding carboxylic acids is 2. The minimum Gasteiger partial charge on any atom is -0.481 e. The minimum atomic E-state index is -0.884. The van der Waals surface area contributed by atoms with E-state index in [1.54, 1.807) is 4.90 Å². The van der Waals surface area contributed by atoms with Crippen LogP contribution >= 0.6 is 0 Å². The van der Waals surface area contributed by atoms with Crippen molar-refractivity contribution in [1.29, 1.82) is 0 Å². The molecule has 2 atom stereocenters. The monoisotopic (exact) mass is 346 g/mol. The maximum Gasteiger partial charge on any atom is 0.308 e. The largest absolute Gasteiger partial charge is 0.481 e. The topological polar surface area (TPSA) is 86.7 Å². The fourth-order valence-electron chi connectivity index (χ4n) is 3.00. The third kappa shape index (κ3) is 4.81. The number of nitrogens with one attached hydrogen (secondary N) is 1. The number of hydrogen-bond acceptors (Lipinski definition) is 3. The van der Waals surface area contributed by atoms with Crippen molar-refractivity contribution in [2.24, 2.45) is 11.3 Å². The van der Waals surface area contributed by atoms with Crippen LogP contribution in [0.1, 0.15) is 38.7 Å². The highest BCUT2D eigenvalue weighted by Crippen LogP contribution is 2.33. The smallest absolute Gasteiger partial charge is 0.308 e. The maximum atomic E-state index is 12.4.